The maximum atomic E-state index is 12.7. The summed E-state index contributed by atoms with van der Waals surface area (Å²) < 4.78 is 27.0. The average Bonchev–Trinajstić information content (AvgIpc) is 3.16. The average molecular weight is 749 g/mol. The zero-order valence-corrected chi connectivity index (χ0v) is 30.9. The molecule has 264 valence electrons. The third-order valence-corrected chi connectivity index (χ3v) is 10.9. The first-order chi connectivity index (χ1) is 24.9. The van der Waals surface area contributed by atoms with Crippen molar-refractivity contribution in [1.82, 2.24) is 0 Å². The van der Waals surface area contributed by atoms with Crippen molar-refractivity contribution in [3.8, 4) is 5.75 Å². The Labute approximate surface area is 310 Å². The summed E-state index contributed by atoms with van der Waals surface area (Å²) in [7, 11) is 0. The summed E-state index contributed by atoms with van der Waals surface area (Å²) in [6, 6.07) is 43.2. The van der Waals surface area contributed by atoms with Crippen LogP contribution in [0.3, 0.4) is 0 Å². The van der Waals surface area contributed by atoms with E-state index in [1.165, 1.54) is 5.56 Å². The number of hydrogen-bond donors (Lipinski definition) is 1. The second-order valence-corrected chi connectivity index (χ2v) is 14.5. The zero-order valence-electron chi connectivity index (χ0n) is 29.3. The molecule has 0 aliphatic carbocycles. The molecule has 5 aromatic carbocycles. The number of fused-ring (bicyclic) bond motifs is 1. The van der Waals surface area contributed by atoms with Crippen LogP contribution in [0.25, 0.3) is 0 Å². The van der Waals surface area contributed by atoms with Crippen LogP contribution in [-0.2, 0) is 46.2 Å². The van der Waals surface area contributed by atoms with E-state index in [9.17, 15) is 5.11 Å². The van der Waals surface area contributed by atoms with E-state index in [1.807, 2.05) is 60.7 Å². The predicted octanol–water partition coefficient (Wildman–Crippen LogP) is 9.20. The van der Waals surface area contributed by atoms with Crippen LogP contribution in [0.4, 0.5) is 5.69 Å². The normalized spacial score (nSPS) is 23.0. The van der Waals surface area contributed by atoms with Gasteiger partial charge in [0.25, 0.3) is 0 Å². The summed E-state index contributed by atoms with van der Waals surface area (Å²) in [5, 5.41) is 12.7. The van der Waals surface area contributed by atoms with Gasteiger partial charge in [-0.1, -0.05) is 133 Å². The van der Waals surface area contributed by atoms with E-state index >= 15 is 0 Å². The SMILES string of the molecule is CC[C@H]1OC(O)(c2ccc(Br)c(Cc3ccc4c(c3)N(Cc3ccccc3)CCO4)c2)[C@H](OCc2ccccc2)[C@@H](C)[C@@H]1OCc1ccccc1. The van der Waals surface area contributed by atoms with Gasteiger partial charge < -0.3 is 29.0 Å². The lowest BCUT2D eigenvalue weighted by Gasteiger charge is -2.50. The fourth-order valence-electron chi connectivity index (χ4n) is 7.38. The van der Waals surface area contributed by atoms with Gasteiger partial charge in [-0.15, -0.1) is 0 Å². The highest BCUT2D eigenvalue weighted by Crippen LogP contribution is 2.44. The Morgan fingerprint density at radius 1 is 0.784 bits per heavy atom. The quantitative estimate of drug-likeness (QED) is 0.137. The van der Waals surface area contributed by atoms with Crippen molar-refractivity contribution < 1.29 is 24.1 Å². The van der Waals surface area contributed by atoms with Crippen LogP contribution < -0.4 is 9.64 Å². The van der Waals surface area contributed by atoms with Crippen LogP contribution in [0.1, 0.15) is 53.6 Å². The van der Waals surface area contributed by atoms with Crippen LogP contribution in [-0.4, -0.2) is 36.6 Å². The molecule has 1 N–H and O–H groups in total. The zero-order chi connectivity index (χ0) is 35.2. The Hall–Kier alpha value is -3.98. The van der Waals surface area contributed by atoms with E-state index < -0.39 is 11.9 Å². The Kier molecular flexibility index (Phi) is 11.2. The van der Waals surface area contributed by atoms with Crippen molar-refractivity contribution in [2.75, 3.05) is 18.1 Å². The standard InChI is InChI=1S/C44H46BrNO5/c1-3-40-42(49-29-33-15-9-5-10-16-33)31(2)43(50-30-34-17-11-6-12-18-34)44(47,51-40)37-20-21-38(45)36(27-37)25-35-19-22-41-39(26-35)46(23-24-48-41)28-32-13-7-4-8-14-32/h4-22,26-27,31,40,42-43,47H,3,23-25,28-30H2,1-2H3/t31-,40+,42-,43+,44?/m0/s1. The van der Waals surface area contributed by atoms with Gasteiger partial charge in [-0.3, -0.25) is 0 Å². The molecule has 1 unspecified atom stereocenters. The van der Waals surface area contributed by atoms with Gasteiger partial charge in [0.2, 0.25) is 5.79 Å². The van der Waals surface area contributed by atoms with Gasteiger partial charge in [-0.25, -0.2) is 0 Å². The maximum Gasteiger partial charge on any atom is 0.220 e. The van der Waals surface area contributed by atoms with Crippen molar-refractivity contribution >= 4 is 21.6 Å². The number of aliphatic hydroxyl groups is 1. The lowest BCUT2D eigenvalue weighted by atomic mass is 9.81. The van der Waals surface area contributed by atoms with Crippen molar-refractivity contribution in [2.45, 2.75) is 70.5 Å². The fraction of sp³-hybridized carbons (Fsp3) is 0.318. The summed E-state index contributed by atoms with van der Waals surface area (Å²) >= 11 is 3.82. The Bertz CT molecular complexity index is 1870. The highest BCUT2D eigenvalue weighted by Gasteiger charge is 2.54. The number of ether oxygens (including phenoxy) is 4. The third kappa shape index (κ3) is 8.09. The Morgan fingerprint density at radius 2 is 1.43 bits per heavy atom. The van der Waals surface area contributed by atoms with Gasteiger partial charge in [0.1, 0.15) is 18.5 Å². The molecule has 51 heavy (non-hydrogen) atoms. The second-order valence-electron chi connectivity index (χ2n) is 13.6. The maximum absolute atomic E-state index is 12.7. The summed E-state index contributed by atoms with van der Waals surface area (Å²) in [6.07, 6.45) is 0.0266. The molecule has 0 saturated carbocycles. The van der Waals surface area contributed by atoms with Gasteiger partial charge in [0.05, 0.1) is 37.7 Å². The summed E-state index contributed by atoms with van der Waals surface area (Å²) in [4.78, 5) is 2.39. The first-order valence-electron chi connectivity index (χ1n) is 18.0. The van der Waals surface area contributed by atoms with E-state index in [0.29, 0.717) is 38.2 Å². The van der Waals surface area contributed by atoms with E-state index in [0.717, 1.165) is 51.3 Å². The van der Waals surface area contributed by atoms with E-state index in [2.05, 4.69) is 101 Å². The fourth-order valence-corrected chi connectivity index (χ4v) is 7.77. The molecule has 0 amide bonds. The smallest absolute Gasteiger partial charge is 0.220 e. The molecule has 5 aromatic rings. The number of rotatable bonds is 12. The summed E-state index contributed by atoms with van der Waals surface area (Å²) in [5.74, 6) is -0.974. The molecule has 2 aliphatic rings. The van der Waals surface area contributed by atoms with Crippen LogP contribution in [0, 0.1) is 5.92 Å². The minimum absolute atomic E-state index is 0.176. The molecule has 0 bridgehead atoms. The van der Waals surface area contributed by atoms with Crippen molar-refractivity contribution in [3.63, 3.8) is 0 Å². The number of nitrogens with zero attached hydrogens (tertiary/aromatic N) is 1. The van der Waals surface area contributed by atoms with E-state index in [4.69, 9.17) is 18.9 Å². The molecule has 2 heterocycles. The molecular formula is C44H46BrNO5. The number of benzene rings is 5. The number of anilines is 1. The Balaban J connectivity index is 1.17. The lowest BCUT2D eigenvalue weighted by molar-refractivity contribution is -0.359. The highest BCUT2D eigenvalue weighted by molar-refractivity contribution is 9.10. The summed E-state index contributed by atoms with van der Waals surface area (Å²) in [5.41, 5.74) is 7.34. The van der Waals surface area contributed by atoms with Crippen molar-refractivity contribution in [3.05, 3.63) is 165 Å². The molecule has 7 heteroatoms. The Morgan fingerprint density at radius 3 is 2.10 bits per heavy atom. The lowest BCUT2D eigenvalue weighted by Crippen LogP contribution is -2.60. The molecule has 0 radical (unpaired) electrons. The summed E-state index contributed by atoms with van der Waals surface area (Å²) in [6.45, 7) is 7.29. The van der Waals surface area contributed by atoms with Crippen LogP contribution >= 0.6 is 15.9 Å². The molecule has 5 atom stereocenters. The molecule has 2 aliphatic heterocycles. The van der Waals surface area contributed by atoms with Gasteiger partial charge in [0.15, 0.2) is 0 Å². The molecule has 6 nitrogen and oxygen atoms in total. The topological polar surface area (TPSA) is 60.4 Å². The molecule has 1 saturated heterocycles. The first kappa shape index (κ1) is 35.4. The molecule has 1 fully saturated rings. The monoisotopic (exact) mass is 747 g/mol. The van der Waals surface area contributed by atoms with E-state index in [1.54, 1.807) is 0 Å². The molecule has 0 spiro atoms. The van der Waals surface area contributed by atoms with Gasteiger partial charge >= 0.3 is 0 Å². The minimum Gasteiger partial charge on any atom is -0.490 e. The van der Waals surface area contributed by atoms with E-state index in [-0.39, 0.29) is 18.1 Å². The predicted molar refractivity (Wildman–Crippen MR) is 205 cm³/mol. The van der Waals surface area contributed by atoms with Gasteiger partial charge in [-0.2, -0.15) is 0 Å². The third-order valence-electron chi connectivity index (χ3n) is 10.1. The molecule has 7 rings (SSSR count). The van der Waals surface area contributed by atoms with Crippen LogP contribution in [0.5, 0.6) is 5.75 Å². The van der Waals surface area contributed by atoms with Crippen LogP contribution in [0.15, 0.2) is 132 Å². The number of halogens is 1. The van der Waals surface area contributed by atoms with Gasteiger partial charge in [0, 0.05) is 22.5 Å². The van der Waals surface area contributed by atoms with Gasteiger partial charge in [-0.05, 0) is 64.9 Å². The molecular weight excluding hydrogens is 702 g/mol. The van der Waals surface area contributed by atoms with Crippen molar-refractivity contribution in [2.24, 2.45) is 5.92 Å². The largest absolute Gasteiger partial charge is 0.490 e. The first-order valence-corrected chi connectivity index (χ1v) is 18.8. The van der Waals surface area contributed by atoms with Crippen LogP contribution in [0.2, 0.25) is 0 Å². The highest BCUT2D eigenvalue weighted by atomic mass is 79.9. The molecule has 0 aromatic heterocycles. The second kappa shape index (κ2) is 16.1. The number of hydrogen-bond acceptors (Lipinski definition) is 6. The minimum atomic E-state index is -1.70. The van der Waals surface area contributed by atoms with Crippen molar-refractivity contribution in [1.29, 1.82) is 0 Å².